The first-order valence-corrected chi connectivity index (χ1v) is 6.72. The second-order valence-corrected chi connectivity index (χ2v) is 5.68. The zero-order valence-electron chi connectivity index (χ0n) is 12.6. The second-order valence-electron chi connectivity index (χ2n) is 5.68. The van der Waals surface area contributed by atoms with Crippen molar-refractivity contribution in [2.45, 2.75) is 32.9 Å². The van der Waals surface area contributed by atoms with Gasteiger partial charge in [0.2, 0.25) is 5.69 Å². The fourth-order valence-electron chi connectivity index (χ4n) is 1.97. The van der Waals surface area contributed by atoms with Crippen LogP contribution in [0.15, 0.2) is 17.3 Å². The van der Waals surface area contributed by atoms with E-state index in [1.165, 1.54) is 6.33 Å². The van der Waals surface area contributed by atoms with Crippen molar-refractivity contribution in [2.24, 2.45) is 0 Å². The lowest BCUT2D eigenvalue weighted by molar-refractivity contribution is 0.0526. The molecule has 22 heavy (non-hydrogen) atoms. The molecule has 0 unspecified atom stereocenters. The summed E-state index contributed by atoms with van der Waals surface area (Å²) < 4.78 is 6.73. The Morgan fingerprint density at radius 3 is 2.91 bits per heavy atom. The third-order valence-corrected chi connectivity index (χ3v) is 2.78. The molecular weight excluding hydrogens is 286 g/mol. The van der Waals surface area contributed by atoms with Gasteiger partial charge >= 0.3 is 6.09 Å². The molecule has 0 atom stereocenters. The van der Waals surface area contributed by atoms with E-state index < -0.39 is 11.7 Å². The number of fused-ring (bicyclic) bond motifs is 1. The molecule has 1 amide bonds. The van der Waals surface area contributed by atoms with E-state index in [9.17, 15) is 9.59 Å². The predicted octanol–water partition coefficient (Wildman–Crippen LogP) is 1.80. The molecule has 0 radical (unpaired) electrons. The topological polar surface area (TPSA) is 93.4 Å². The lowest BCUT2D eigenvalue weighted by Crippen LogP contribution is -2.34. The van der Waals surface area contributed by atoms with Crippen molar-refractivity contribution in [2.75, 3.05) is 6.54 Å². The molecule has 2 N–H and O–H groups in total. The molecule has 0 aromatic carbocycles. The third kappa shape index (κ3) is 3.44. The summed E-state index contributed by atoms with van der Waals surface area (Å²) in [5, 5.41) is 2.61. The smallest absolute Gasteiger partial charge is 0.407 e. The number of H-pyrrole nitrogens is 1. The molecule has 0 saturated carbocycles. The first-order chi connectivity index (χ1) is 10.3. The van der Waals surface area contributed by atoms with Gasteiger partial charge in [0, 0.05) is 19.3 Å². The van der Waals surface area contributed by atoms with Gasteiger partial charge in [-0.1, -0.05) is 0 Å². The molecule has 8 nitrogen and oxygen atoms in total. The molecule has 0 bridgehead atoms. The summed E-state index contributed by atoms with van der Waals surface area (Å²) in [7, 11) is 0. The number of nitrogens with one attached hydrogen (secondary N) is 2. The summed E-state index contributed by atoms with van der Waals surface area (Å²) in [4.78, 5) is 33.3. The number of amides is 1. The van der Waals surface area contributed by atoms with Gasteiger partial charge in [0.05, 0.1) is 12.9 Å². The number of aromatic nitrogens is 3. The van der Waals surface area contributed by atoms with Gasteiger partial charge in [-0.15, -0.1) is 0 Å². The van der Waals surface area contributed by atoms with Crippen LogP contribution in [0.2, 0.25) is 0 Å². The molecule has 0 aliphatic heterocycles. The van der Waals surface area contributed by atoms with Gasteiger partial charge in [0.15, 0.2) is 0 Å². The van der Waals surface area contributed by atoms with Crippen molar-refractivity contribution in [3.8, 4) is 0 Å². The van der Waals surface area contributed by atoms with Crippen molar-refractivity contribution >= 4 is 22.8 Å². The van der Waals surface area contributed by atoms with Crippen molar-refractivity contribution in [3.63, 3.8) is 0 Å². The Bertz CT molecular complexity index is 791. The van der Waals surface area contributed by atoms with E-state index in [0.29, 0.717) is 23.3 Å². The van der Waals surface area contributed by atoms with Crippen LogP contribution >= 0.6 is 0 Å². The fourth-order valence-corrected chi connectivity index (χ4v) is 1.97. The summed E-state index contributed by atoms with van der Waals surface area (Å²) in [6, 6.07) is 0. The summed E-state index contributed by atoms with van der Waals surface area (Å²) in [5.74, 6) is 0. The molecule has 0 fully saturated rings. The number of nitrogens with zero attached hydrogens (tertiary/aromatic N) is 3. The Morgan fingerprint density at radius 1 is 1.55 bits per heavy atom. The van der Waals surface area contributed by atoms with Gasteiger partial charge in [0.1, 0.15) is 16.6 Å². The van der Waals surface area contributed by atoms with Crippen LogP contribution in [0.4, 0.5) is 10.5 Å². The minimum absolute atomic E-state index is 0.268. The highest BCUT2D eigenvalue weighted by Crippen LogP contribution is 2.23. The highest BCUT2D eigenvalue weighted by atomic mass is 16.6. The number of carbonyl (C=O) groups excluding carboxylic acids is 1. The van der Waals surface area contributed by atoms with Gasteiger partial charge < -0.3 is 19.6 Å². The Kier molecular flexibility index (Phi) is 4.17. The summed E-state index contributed by atoms with van der Waals surface area (Å²) in [6.07, 6.45) is 2.29. The van der Waals surface area contributed by atoms with Gasteiger partial charge in [-0.2, -0.15) is 0 Å². The van der Waals surface area contributed by atoms with E-state index in [1.807, 2.05) is 0 Å². The molecule has 2 aromatic rings. The van der Waals surface area contributed by atoms with Gasteiger partial charge in [0.25, 0.3) is 5.56 Å². The first-order valence-electron chi connectivity index (χ1n) is 6.72. The third-order valence-electron chi connectivity index (χ3n) is 2.78. The van der Waals surface area contributed by atoms with Crippen LogP contribution < -0.4 is 10.9 Å². The maximum atomic E-state index is 11.9. The van der Waals surface area contributed by atoms with E-state index in [0.717, 1.165) is 0 Å². The number of carbonyl (C=O) groups is 1. The van der Waals surface area contributed by atoms with Crippen molar-refractivity contribution in [1.82, 2.24) is 19.9 Å². The number of hydrogen-bond donors (Lipinski definition) is 2. The lowest BCUT2D eigenvalue weighted by atomic mass is 10.2. The van der Waals surface area contributed by atoms with E-state index in [2.05, 4.69) is 20.1 Å². The maximum Gasteiger partial charge on any atom is 0.407 e. The highest BCUT2D eigenvalue weighted by Gasteiger charge is 2.16. The fraction of sp³-hybridized carbons (Fsp3) is 0.429. The molecule has 0 saturated heterocycles. The highest BCUT2D eigenvalue weighted by molar-refractivity contribution is 5.89. The van der Waals surface area contributed by atoms with Crippen LogP contribution in [-0.4, -0.2) is 32.8 Å². The van der Waals surface area contributed by atoms with Crippen molar-refractivity contribution in [3.05, 3.63) is 34.3 Å². The molecule has 8 heteroatoms. The Morgan fingerprint density at radius 2 is 2.27 bits per heavy atom. The van der Waals surface area contributed by atoms with E-state index in [1.54, 1.807) is 31.5 Å². The monoisotopic (exact) mass is 303 g/mol. The van der Waals surface area contributed by atoms with Crippen LogP contribution in [0.25, 0.3) is 15.9 Å². The normalized spacial score (nSPS) is 11.2. The number of rotatable bonds is 3. The summed E-state index contributed by atoms with van der Waals surface area (Å²) >= 11 is 0. The molecule has 2 rings (SSSR count). The molecular formula is C14H17N5O3. The van der Waals surface area contributed by atoms with Crippen LogP contribution in [0, 0.1) is 6.57 Å². The standard InChI is InChI=1S/C14H17N5O3/c1-14(2,3)22-13(21)16-5-6-19-7-9(15-4)10-11(19)12(20)18-8-17-10/h7-8H,5-6H2,1-3H3,(H,16,21)(H,17,18,20). The molecule has 2 heterocycles. The summed E-state index contributed by atoms with van der Waals surface area (Å²) in [5.41, 5.74) is 0.0915. The number of hydrogen-bond acceptors (Lipinski definition) is 4. The van der Waals surface area contributed by atoms with Gasteiger partial charge in [-0.25, -0.2) is 14.6 Å². The SMILES string of the molecule is [C-]#[N+]c1cn(CCNC(=O)OC(C)(C)C)c2c(=O)[nH]cnc12. The van der Waals surface area contributed by atoms with E-state index >= 15 is 0 Å². The minimum Gasteiger partial charge on any atom is -0.444 e. The molecule has 0 aliphatic rings. The maximum absolute atomic E-state index is 11.9. The number of aromatic amines is 1. The van der Waals surface area contributed by atoms with Crippen LogP contribution in [0.5, 0.6) is 0 Å². The molecule has 116 valence electrons. The van der Waals surface area contributed by atoms with E-state index in [-0.39, 0.29) is 12.1 Å². The zero-order chi connectivity index (χ0) is 16.3. The lowest BCUT2D eigenvalue weighted by Gasteiger charge is -2.19. The van der Waals surface area contributed by atoms with E-state index in [4.69, 9.17) is 11.3 Å². The van der Waals surface area contributed by atoms with Crippen LogP contribution in [-0.2, 0) is 11.3 Å². The second kappa shape index (κ2) is 5.89. The average molecular weight is 303 g/mol. The minimum atomic E-state index is -0.567. The Labute approximate surface area is 126 Å². The zero-order valence-corrected chi connectivity index (χ0v) is 12.6. The largest absolute Gasteiger partial charge is 0.444 e. The van der Waals surface area contributed by atoms with Crippen molar-refractivity contribution in [1.29, 1.82) is 0 Å². The number of alkyl carbamates (subject to hydrolysis) is 1. The quantitative estimate of drug-likeness (QED) is 0.845. The molecule has 0 spiro atoms. The molecule has 0 aliphatic carbocycles. The van der Waals surface area contributed by atoms with Gasteiger partial charge in [-0.3, -0.25) is 4.79 Å². The Balaban J connectivity index is 2.12. The molecule has 2 aromatic heterocycles. The van der Waals surface area contributed by atoms with Gasteiger partial charge in [-0.05, 0) is 20.8 Å². The van der Waals surface area contributed by atoms with Crippen molar-refractivity contribution < 1.29 is 9.53 Å². The Hall–Kier alpha value is -2.82. The first kappa shape index (κ1) is 15.6. The summed E-state index contributed by atoms with van der Waals surface area (Å²) in [6.45, 7) is 13.1. The van der Waals surface area contributed by atoms with Crippen LogP contribution in [0.3, 0.4) is 0 Å². The van der Waals surface area contributed by atoms with Crippen LogP contribution in [0.1, 0.15) is 20.8 Å². The predicted molar refractivity (Wildman–Crippen MR) is 80.9 cm³/mol. The average Bonchev–Trinajstić information content (AvgIpc) is 2.76. The number of ether oxygens (including phenoxy) is 1.